The summed E-state index contributed by atoms with van der Waals surface area (Å²) in [6.07, 6.45) is 17.4. The second-order valence-corrected chi connectivity index (χ2v) is 4.59. The SMILES string of the molecule is C=CCCCCCCCCC=CCCOC(C)=O. The second kappa shape index (κ2) is 14.0. The van der Waals surface area contributed by atoms with Crippen LogP contribution in [-0.4, -0.2) is 12.6 Å². The van der Waals surface area contributed by atoms with Crippen LogP contribution >= 0.6 is 0 Å². The van der Waals surface area contributed by atoms with Crippen LogP contribution in [0, 0.1) is 0 Å². The Morgan fingerprint density at radius 3 is 2.11 bits per heavy atom. The molecule has 104 valence electrons. The fraction of sp³-hybridized carbons (Fsp3) is 0.688. The quantitative estimate of drug-likeness (QED) is 0.283. The minimum atomic E-state index is -0.195. The molecule has 0 fully saturated rings. The van der Waals surface area contributed by atoms with Crippen LogP contribution in [0.15, 0.2) is 24.8 Å². The van der Waals surface area contributed by atoms with E-state index in [1.807, 2.05) is 6.08 Å². The van der Waals surface area contributed by atoms with Gasteiger partial charge in [-0.2, -0.15) is 0 Å². The third-order valence-electron chi connectivity index (χ3n) is 2.79. The number of carbonyl (C=O) groups excluding carboxylic acids is 1. The first-order valence-corrected chi connectivity index (χ1v) is 7.16. The number of unbranched alkanes of at least 4 members (excludes halogenated alkanes) is 7. The van der Waals surface area contributed by atoms with Gasteiger partial charge in [-0.3, -0.25) is 4.79 Å². The normalized spacial score (nSPS) is 10.7. The maximum Gasteiger partial charge on any atom is 0.302 e. The van der Waals surface area contributed by atoms with Crippen LogP contribution in [0.4, 0.5) is 0 Å². The summed E-state index contributed by atoms with van der Waals surface area (Å²) in [5.74, 6) is -0.195. The van der Waals surface area contributed by atoms with Gasteiger partial charge >= 0.3 is 5.97 Å². The molecule has 0 spiro atoms. The van der Waals surface area contributed by atoms with E-state index in [4.69, 9.17) is 4.74 Å². The number of rotatable bonds is 12. The highest BCUT2D eigenvalue weighted by atomic mass is 16.5. The maximum atomic E-state index is 10.5. The maximum absolute atomic E-state index is 10.5. The van der Waals surface area contributed by atoms with Gasteiger partial charge in [0.15, 0.2) is 0 Å². The van der Waals surface area contributed by atoms with Crippen molar-refractivity contribution in [3.05, 3.63) is 24.8 Å². The predicted octanol–water partition coefficient (Wildman–Crippen LogP) is 4.80. The van der Waals surface area contributed by atoms with Gasteiger partial charge in [0, 0.05) is 6.92 Å². The molecule has 0 atom stereocenters. The fourth-order valence-corrected chi connectivity index (χ4v) is 1.76. The second-order valence-electron chi connectivity index (χ2n) is 4.59. The molecule has 0 aliphatic rings. The molecule has 18 heavy (non-hydrogen) atoms. The fourth-order valence-electron chi connectivity index (χ4n) is 1.76. The van der Waals surface area contributed by atoms with Gasteiger partial charge in [0.05, 0.1) is 6.61 Å². The third kappa shape index (κ3) is 14.9. The van der Waals surface area contributed by atoms with E-state index in [9.17, 15) is 4.79 Å². The van der Waals surface area contributed by atoms with E-state index in [-0.39, 0.29) is 5.97 Å². The van der Waals surface area contributed by atoms with Crippen LogP contribution in [0.5, 0.6) is 0 Å². The first-order valence-electron chi connectivity index (χ1n) is 7.16. The number of hydrogen-bond acceptors (Lipinski definition) is 2. The van der Waals surface area contributed by atoms with Crippen molar-refractivity contribution in [1.82, 2.24) is 0 Å². The Morgan fingerprint density at radius 2 is 1.50 bits per heavy atom. The van der Waals surface area contributed by atoms with Gasteiger partial charge in [0.25, 0.3) is 0 Å². The number of ether oxygens (including phenoxy) is 1. The Kier molecular flexibility index (Phi) is 13.2. The summed E-state index contributed by atoms with van der Waals surface area (Å²) < 4.78 is 4.84. The van der Waals surface area contributed by atoms with Crippen LogP contribution in [-0.2, 0) is 9.53 Å². The molecule has 0 saturated carbocycles. The molecule has 0 bridgehead atoms. The van der Waals surface area contributed by atoms with Crippen molar-refractivity contribution in [3.63, 3.8) is 0 Å². The van der Waals surface area contributed by atoms with E-state index in [1.165, 1.54) is 45.4 Å². The van der Waals surface area contributed by atoms with Crippen LogP contribution in [0.1, 0.15) is 64.7 Å². The summed E-state index contributed by atoms with van der Waals surface area (Å²) in [4.78, 5) is 10.5. The Bertz CT molecular complexity index is 231. The molecule has 0 aromatic carbocycles. The van der Waals surface area contributed by atoms with Gasteiger partial charge in [0.1, 0.15) is 0 Å². The lowest BCUT2D eigenvalue weighted by Crippen LogP contribution is -1.98. The zero-order valence-corrected chi connectivity index (χ0v) is 11.8. The number of allylic oxidation sites excluding steroid dienone is 2. The van der Waals surface area contributed by atoms with Gasteiger partial charge in [-0.05, 0) is 32.1 Å². The Morgan fingerprint density at radius 1 is 0.944 bits per heavy atom. The van der Waals surface area contributed by atoms with E-state index in [0.29, 0.717) is 6.61 Å². The summed E-state index contributed by atoms with van der Waals surface area (Å²) in [5, 5.41) is 0. The van der Waals surface area contributed by atoms with Crippen LogP contribution < -0.4 is 0 Å². The van der Waals surface area contributed by atoms with Gasteiger partial charge in [-0.15, -0.1) is 6.58 Å². The Hall–Kier alpha value is -1.05. The third-order valence-corrected chi connectivity index (χ3v) is 2.79. The monoisotopic (exact) mass is 252 g/mol. The molecule has 0 amide bonds. The molecular weight excluding hydrogens is 224 g/mol. The van der Waals surface area contributed by atoms with Gasteiger partial charge in [-0.25, -0.2) is 0 Å². The molecule has 0 unspecified atom stereocenters. The Labute approximate surface area is 112 Å². The van der Waals surface area contributed by atoms with Gasteiger partial charge in [-0.1, -0.05) is 43.9 Å². The van der Waals surface area contributed by atoms with Crippen molar-refractivity contribution in [3.8, 4) is 0 Å². The number of hydrogen-bond donors (Lipinski definition) is 0. The molecule has 0 radical (unpaired) electrons. The lowest BCUT2D eigenvalue weighted by atomic mass is 10.1. The lowest BCUT2D eigenvalue weighted by molar-refractivity contribution is -0.140. The molecule has 0 aliphatic heterocycles. The first kappa shape index (κ1) is 16.9. The molecule has 0 saturated heterocycles. The molecule has 2 nitrogen and oxygen atoms in total. The van der Waals surface area contributed by atoms with Gasteiger partial charge in [0.2, 0.25) is 0 Å². The molecule has 2 heteroatoms. The molecule has 0 aromatic heterocycles. The largest absolute Gasteiger partial charge is 0.466 e. The average Bonchev–Trinajstić information content (AvgIpc) is 2.34. The Balaban J connectivity index is 3.08. The van der Waals surface area contributed by atoms with E-state index in [2.05, 4.69) is 18.7 Å². The number of carbonyl (C=O) groups is 1. The van der Waals surface area contributed by atoms with E-state index >= 15 is 0 Å². The highest BCUT2D eigenvalue weighted by Gasteiger charge is 1.90. The minimum absolute atomic E-state index is 0.195. The van der Waals surface area contributed by atoms with E-state index < -0.39 is 0 Å². The average molecular weight is 252 g/mol. The standard InChI is InChI=1S/C16H28O2/c1-3-4-5-6-7-8-9-10-11-12-13-14-15-18-16(2)17/h3,12-13H,1,4-11,14-15H2,2H3. The van der Waals surface area contributed by atoms with Crippen molar-refractivity contribution in [2.24, 2.45) is 0 Å². The van der Waals surface area contributed by atoms with Crippen LogP contribution in [0.3, 0.4) is 0 Å². The highest BCUT2D eigenvalue weighted by molar-refractivity contribution is 5.65. The summed E-state index contributed by atoms with van der Waals surface area (Å²) in [7, 11) is 0. The van der Waals surface area contributed by atoms with E-state index in [0.717, 1.165) is 19.3 Å². The summed E-state index contributed by atoms with van der Waals surface area (Å²) >= 11 is 0. The predicted molar refractivity (Wildman–Crippen MR) is 77.5 cm³/mol. The molecule has 0 heterocycles. The summed E-state index contributed by atoms with van der Waals surface area (Å²) in [6.45, 7) is 5.68. The number of esters is 1. The lowest BCUT2D eigenvalue weighted by Gasteiger charge is -1.99. The van der Waals surface area contributed by atoms with Crippen molar-refractivity contribution in [2.75, 3.05) is 6.61 Å². The zero-order valence-electron chi connectivity index (χ0n) is 11.8. The van der Waals surface area contributed by atoms with Crippen molar-refractivity contribution in [1.29, 1.82) is 0 Å². The highest BCUT2D eigenvalue weighted by Crippen LogP contribution is 2.09. The molecule has 0 aromatic rings. The molecule has 0 N–H and O–H groups in total. The molecular formula is C16H28O2. The first-order chi connectivity index (χ1) is 8.77. The van der Waals surface area contributed by atoms with Gasteiger partial charge < -0.3 is 4.74 Å². The summed E-state index contributed by atoms with van der Waals surface area (Å²) in [6, 6.07) is 0. The van der Waals surface area contributed by atoms with E-state index in [1.54, 1.807) is 0 Å². The zero-order chi connectivity index (χ0) is 13.5. The van der Waals surface area contributed by atoms with Crippen molar-refractivity contribution < 1.29 is 9.53 Å². The minimum Gasteiger partial charge on any atom is -0.466 e. The molecule has 0 aliphatic carbocycles. The summed E-state index contributed by atoms with van der Waals surface area (Å²) in [5.41, 5.74) is 0. The van der Waals surface area contributed by atoms with Crippen molar-refractivity contribution in [2.45, 2.75) is 64.7 Å². The smallest absolute Gasteiger partial charge is 0.302 e. The van der Waals surface area contributed by atoms with Crippen LogP contribution in [0.2, 0.25) is 0 Å². The van der Waals surface area contributed by atoms with Crippen LogP contribution in [0.25, 0.3) is 0 Å². The van der Waals surface area contributed by atoms with Crippen molar-refractivity contribution >= 4 is 5.97 Å². The topological polar surface area (TPSA) is 26.3 Å². The molecule has 0 rings (SSSR count).